The molecule has 0 saturated heterocycles. The highest BCUT2D eigenvalue weighted by Gasteiger charge is 2.10. The Hall–Kier alpha value is -3.68. The van der Waals surface area contributed by atoms with Crippen molar-refractivity contribution in [2.24, 2.45) is 0 Å². The highest BCUT2D eigenvalue weighted by molar-refractivity contribution is 6.03. The van der Waals surface area contributed by atoms with Crippen molar-refractivity contribution in [3.8, 4) is 0 Å². The van der Waals surface area contributed by atoms with Crippen molar-refractivity contribution < 1.29 is 18.8 Å². The number of benzene rings is 1. The van der Waals surface area contributed by atoms with Gasteiger partial charge in [0.05, 0.1) is 18.2 Å². The normalized spacial score (nSPS) is 10.2. The number of carbonyl (C=O) groups is 2. The number of methoxy groups -OCH3 is 1. The zero-order valence-electron chi connectivity index (χ0n) is 14.1. The van der Waals surface area contributed by atoms with Gasteiger partial charge >= 0.3 is 5.97 Å². The Bertz CT molecular complexity index is 917. The highest BCUT2D eigenvalue weighted by atomic mass is 16.5. The second-order valence-electron chi connectivity index (χ2n) is 5.40. The average molecular weight is 352 g/mol. The van der Waals surface area contributed by atoms with E-state index in [1.54, 1.807) is 49.4 Å². The quantitative estimate of drug-likeness (QED) is 0.679. The summed E-state index contributed by atoms with van der Waals surface area (Å²) in [5.41, 5.74) is 1.60. The summed E-state index contributed by atoms with van der Waals surface area (Å²) in [5.74, 6) is 0.786. The van der Waals surface area contributed by atoms with Gasteiger partial charge in [-0.3, -0.25) is 4.79 Å². The zero-order chi connectivity index (χ0) is 18.5. The van der Waals surface area contributed by atoms with E-state index < -0.39 is 5.97 Å². The number of carbonyl (C=O) groups excluding carboxylic acids is 2. The van der Waals surface area contributed by atoms with Crippen molar-refractivity contribution in [1.82, 2.24) is 10.1 Å². The van der Waals surface area contributed by atoms with Crippen LogP contribution in [0, 0.1) is 6.92 Å². The molecule has 0 unspecified atom stereocenters. The van der Waals surface area contributed by atoms with Gasteiger partial charge in [0.25, 0.3) is 5.91 Å². The molecule has 0 aliphatic rings. The Morgan fingerprint density at radius 2 is 1.77 bits per heavy atom. The first-order valence-electron chi connectivity index (χ1n) is 7.71. The smallest absolute Gasteiger partial charge is 0.337 e. The highest BCUT2D eigenvalue weighted by Crippen LogP contribution is 2.16. The molecule has 0 aliphatic carbocycles. The number of amides is 1. The number of ether oxygens (including phenoxy) is 1. The standard InChI is InChI=1S/C18H16N4O4/c1-11-9-16(22-26-11)21-17(23)13-5-8-15(19-10-13)20-14-6-3-12(4-7-14)18(24)25-2/h3-10H,1-2H3,(H,19,20)(H,21,22,23). The lowest BCUT2D eigenvalue weighted by Gasteiger charge is -2.07. The first kappa shape index (κ1) is 17.2. The summed E-state index contributed by atoms with van der Waals surface area (Å²) in [7, 11) is 1.33. The topological polar surface area (TPSA) is 106 Å². The van der Waals surface area contributed by atoms with E-state index in [2.05, 4.69) is 25.5 Å². The Morgan fingerprint density at radius 3 is 2.35 bits per heavy atom. The first-order chi connectivity index (χ1) is 12.5. The molecule has 2 aromatic heterocycles. The van der Waals surface area contributed by atoms with Crippen LogP contribution in [0.15, 0.2) is 53.2 Å². The summed E-state index contributed by atoms with van der Waals surface area (Å²) in [5, 5.41) is 9.42. The number of anilines is 3. The molecule has 3 aromatic rings. The van der Waals surface area contributed by atoms with Crippen LogP contribution < -0.4 is 10.6 Å². The minimum absolute atomic E-state index is 0.334. The van der Waals surface area contributed by atoms with Crippen LogP contribution >= 0.6 is 0 Å². The van der Waals surface area contributed by atoms with Crippen LogP contribution in [0.1, 0.15) is 26.5 Å². The van der Waals surface area contributed by atoms with Gasteiger partial charge in [0.1, 0.15) is 11.6 Å². The molecule has 8 heteroatoms. The minimum atomic E-state index is -0.396. The number of nitrogens with zero attached hydrogens (tertiary/aromatic N) is 2. The van der Waals surface area contributed by atoms with Crippen molar-refractivity contribution in [2.45, 2.75) is 6.92 Å². The summed E-state index contributed by atoms with van der Waals surface area (Å²) >= 11 is 0. The molecule has 0 saturated carbocycles. The third-order valence-corrected chi connectivity index (χ3v) is 3.47. The van der Waals surface area contributed by atoms with E-state index in [4.69, 9.17) is 4.52 Å². The van der Waals surface area contributed by atoms with Crippen molar-refractivity contribution >= 4 is 29.2 Å². The molecule has 0 bridgehead atoms. The van der Waals surface area contributed by atoms with Crippen LogP contribution in [0.4, 0.5) is 17.3 Å². The Kier molecular flexibility index (Phi) is 4.93. The summed E-state index contributed by atoms with van der Waals surface area (Å²) in [4.78, 5) is 27.7. The molecular formula is C18H16N4O4. The molecule has 8 nitrogen and oxygen atoms in total. The number of pyridine rings is 1. The lowest BCUT2D eigenvalue weighted by Crippen LogP contribution is -2.12. The number of hydrogen-bond donors (Lipinski definition) is 2. The maximum atomic E-state index is 12.1. The van der Waals surface area contributed by atoms with Crippen molar-refractivity contribution in [1.29, 1.82) is 0 Å². The SMILES string of the molecule is COC(=O)c1ccc(Nc2ccc(C(=O)Nc3cc(C)on3)cn2)cc1. The van der Waals surface area contributed by atoms with Gasteiger partial charge in [-0.15, -0.1) is 0 Å². The second-order valence-corrected chi connectivity index (χ2v) is 5.40. The number of aryl methyl sites for hydroxylation is 1. The third kappa shape index (κ3) is 4.04. The summed E-state index contributed by atoms with van der Waals surface area (Å²) in [6.07, 6.45) is 1.45. The lowest BCUT2D eigenvalue weighted by atomic mass is 10.2. The molecule has 0 radical (unpaired) electrons. The van der Waals surface area contributed by atoms with Gasteiger partial charge in [0, 0.05) is 18.0 Å². The molecule has 26 heavy (non-hydrogen) atoms. The summed E-state index contributed by atoms with van der Waals surface area (Å²) in [6.45, 7) is 1.74. The largest absolute Gasteiger partial charge is 0.465 e. The van der Waals surface area contributed by atoms with E-state index >= 15 is 0 Å². The van der Waals surface area contributed by atoms with Gasteiger partial charge in [-0.2, -0.15) is 0 Å². The fraction of sp³-hybridized carbons (Fsp3) is 0.111. The van der Waals surface area contributed by atoms with Gasteiger partial charge in [-0.05, 0) is 43.3 Å². The zero-order valence-corrected chi connectivity index (χ0v) is 14.1. The molecule has 3 rings (SSSR count). The van der Waals surface area contributed by atoms with Gasteiger partial charge in [0.2, 0.25) is 0 Å². The molecule has 0 spiro atoms. The van der Waals surface area contributed by atoms with E-state index in [-0.39, 0.29) is 5.91 Å². The molecule has 0 atom stereocenters. The number of hydrogen-bond acceptors (Lipinski definition) is 7. The average Bonchev–Trinajstić information content (AvgIpc) is 3.07. The van der Waals surface area contributed by atoms with Crippen molar-refractivity contribution in [3.05, 3.63) is 65.5 Å². The lowest BCUT2D eigenvalue weighted by molar-refractivity contribution is 0.0600. The predicted octanol–water partition coefficient (Wildman–Crippen LogP) is 3.16. The van der Waals surface area contributed by atoms with E-state index in [1.165, 1.54) is 13.3 Å². The van der Waals surface area contributed by atoms with Crippen LogP contribution in [0.2, 0.25) is 0 Å². The molecule has 2 N–H and O–H groups in total. The van der Waals surface area contributed by atoms with Crippen LogP contribution in [0.3, 0.4) is 0 Å². The van der Waals surface area contributed by atoms with E-state index in [1.807, 2.05) is 0 Å². The van der Waals surface area contributed by atoms with E-state index in [0.717, 1.165) is 5.69 Å². The monoisotopic (exact) mass is 352 g/mol. The van der Waals surface area contributed by atoms with Crippen LogP contribution in [-0.4, -0.2) is 29.1 Å². The van der Waals surface area contributed by atoms with Gasteiger partial charge in [-0.25, -0.2) is 9.78 Å². The predicted molar refractivity (Wildman–Crippen MR) is 94.5 cm³/mol. The number of nitrogens with one attached hydrogen (secondary N) is 2. The molecule has 132 valence electrons. The fourth-order valence-corrected chi connectivity index (χ4v) is 2.17. The van der Waals surface area contributed by atoms with Gasteiger partial charge in [-0.1, -0.05) is 5.16 Å². The van der Waals surface area contributed by atoms with Crippen LogP contribution in [-0.2, 0) is 4.74 Å². The van der Waals surface area contributed by atoms with E-state index in [0.29, 0.717) is 28.5 Å². The molecule has 1 amide bonds. The molecule has 0 fully saturated rings. The van der Waals surface area contributed by atoms with Crippen LogP contribution in [0.25, 0.3) is 0 Å². The van der Waals surface area contributed by atoms with Crippen molar-refractivity contribution in [2.75, 3.05) is 17.7 Å². The molecule has 0 aliphatic heterocycles. The van der Waals surface area contributed by atoms with Crippen molar-refractivity contribution in [3.63, 3.8) is 0 Å². The molecule has 2 heterocycles. The van der Waals surface area contributed by atoms with Crippen LogP contribution in [0.5, 0.6) is 0 Å². The first-order valence-corrected chi connectivity index (χ1v) is 7.71. The number of esters is 1. The number of rotatable bonds is 5. The number of aromatic nitrogens is 2. The molecular weight excluding hydrogens is 336 g/mol. The summed E-state index contributed by atoms with van der Waals surface area (Å²) < 4.78 is 9.55. The Morgan fingerprint density at radius 1 is 1.04 bits per heavy atom. The maximum Gasteiger partial charge on any atom is 0.337 e. The third-order valence-electron chi connectivity index (χ3n) is 3.47. The fourth-order valence-electron chi connectivity index (χ4n) is 2.17. The van der Waals surface area contributed by atoms with Gasteiger partial charge in [0.15, 0.2) is 5.82 Å². The van der Waals surface area contributed by atoms with Gasteiger partial charge < -0.3 is 19.9 Å². The summed E-state index contributed by atoms with van der Waals surface area (Å²) in [6, 6.07) is 11.7. The maximum absolute atomic E-state index is 12.1. The Labute approximate surface area is 149 Å². The Balaban J connectivity index is 1.63. The minimum Gasteiger partial charge on any atom is -0.465 e. The van der Waals surface area contributed by atoms with E-state index in [9.17, 15) is 9.59 Å². The second kappa shape index (κ2) is 7.47. The molecule has 1 aromatic carbocycles.